The van der Waals surface area contributed by atoms with E-state index in [2.05, 4.69) is 48.5 Å². The average molecular weight is 535 g/mol. The number of hydrazine groups is 1. The minimum atomic E-state index is 0.496. The molecule has 2 atom stereocenters. The summed E-state index contributed by atoms with van der Waals surface area (Å²) in [7, 11) is 1.64. The summed E-state index contributed by atoms with van der Waals surface area (Å²) in [5.41, 5.74) is 5.74. The lowest BCUT2D eigenvalue weighted by molar-refractivity contribution is -0.0781. The molecule has 8 heterocycles. The van der Waals surface area contributed by atoms with E-state index in [1.54, 1.807) is 17.8 Å². The minimum Gasteiger partial charge on any atom is -0.481 e. The second-order valence-corrected chi connectivity index (χ2v) is 10.4. The zero-order valence-corrected chi connectivity index (χ0v) is 22.5. The van der Waals surface area contributed by atoms with Gasteiger partial charge in [0, 0.05) is 56.1 Å². The van der Waals surface area contributed by atoms with Crippen molar-refractivity contribution in [1.82, 2.24) is 34.5 Å². The van der Waals surface area contributed by atoms with Crippen molar-refractivity contribution < 1.29 is 4.74 Å². The SMILES string of the molecule is CCNc1cc(-c2cnc3c(n2)C=CCN3N2C[C@H]3C[C@@H](C2)N3Cc2ccc(OC)nc2)c2c(C#N)cnn2c1. The Balaban J connectivity index is 1.13. The number of fused-ring (bicyclic) bond motifs is 4. The Hall–Kier alpha value is -4.53. The Labute approximate surface area is 232 Å². The zero-order valence-electron chi connectivity index (χ0n) is 22.5. The molecule has 0 saturated carbocycles. The van der Waals surface area contributed by atoms with Crippen LogP contribution in [-0.4, -0.2) is 79.8 Å². The van der Waals surface area contributed by atoms with Crippen molar-refractivity contribution in [3.63, 3.8) is 0 Å². The lowest BCUT2D eigenvalue weighted by Crippen LogP contribution is -2.71. The van der Waals surface area contributed by atoms with E-state index in [4.69, 9.17) is 14.7 Å². The van der Waals surface area contributed by atoms with Crippen molar-refractivity contribution in [2.24, 2.45) is 0 Å². The Morgan fingerprint density at radius 1 is 1.15 bits per heavy atom. The molecule has 4 aromatic heterocycles. The molecular formula is C29H30N10O. The van der Waals surface area contributed by atoms with Crippen LogP contribution >= 0.6 is 0 Å². The van der Waals surface area contributed by atoms with Crippen LogP contribution in [0.2, 0.25) is 0 Å². The van der Waals surface area contributed by atoms with Crippen LogP contribution in [0.3, 0.4) is 0 Å². The fourth-order valence-corrected chi connectivity index (χ4v) is 6.09. The number of aromatic nitrogens is 5. The molecule has 40 heavy (non-hydrogen) atoms. The number of nitriles is 1. The Morgan fingerprint density at radius 2 is 2.02 bits per heavy atom. The maximum absolute atomic E-state index is 9.70. The van der Waals surface area contributed by atoms with Crippen LogP contribution in [0.15, 0.2) is 49.1 Å². The van der Waals surface area contributed by atoms with Gasteiger partial charge in [-0.25, -0.2) is 24.5 Å². The van der Waals surface area contributed by atoms with E-state index in [1.807, 2.05) is 43.7 Å². The molecule has 3 fully saturated rings. The molecule has 0 radical (unpaired) electrons. The van der Waals surface area contributed by atoms with Gasteiger partial charge in [0.1, 0.15) is 11.8 Å². The molecule has 4 aliphatic rings. The molecule has 0 aromatic carbocycles. The Kier molecular flexibility index (Phi) is 6.06. The van der Waals surface area contributed by atoms with Crippen molar-refractivity contribution in [2.45, 2.75) is 32.0 Å². The molecule has 202 valence electrons. The first-order valence-corrected chi connectivity index (χ1v) is 13.6. The van der Waals surface area contributed by atoms with Gasteiger partial charge >= 0.3 is 0 Å². The highest BCUT2D eigenvalue weighted by Gasteiger charge is 2.46. The topological polar surface area (TPSA) is 111 Å². The van der Waals surface area contributed by atoms with E-state index < -0.39 is 0 Å². The van der Waals surface area contributed by atoms with Crippen LogP contribution < -0.4 is 15.1 Å². The average Bonchev–Trinajstić information content (AvgIpc) is 3.42. The first kappa shape index (κ1) is 24.5. The number of ether oxygens (including phenoxy) is 1. The number of methoxy groups -OCH3 is 1. The van der Waals surface area contributed by atoms with Crippen molar-refractivity contribution in [2.75, 3.05) is 43.6 Å². The van der Waals surface area contributed by atoms with E-state index >= 15 is 0 Å². The highest BCUT2D eigenvalue weighted by atomic mass is 16.5. The standard InChI is InChI=1S/C29H30N10O/c1-3-31-21-9-24(28-20(11-30)13-34-38(28)16-21)26-14-33-29-25(35-26)5-4-8-39(29)36-17-22-10-23(18-36)37(22)15-19-6-7-27(40-2)32-12-19/h4-7,9,12-14,16,22-23,31H,3,8,10,15,17-18H2,1-2H3/t22-,23+. The molecule has 2 bridgehead atoms. The maximum Gasteiger partial charge on any atom is 0.212 e. The highest BCUT2D eigenvalue weighted by Crippen LogP contribution is 2.37. The fourth-order valence-electron chi connectivity index (χ4n) is 6.09. The van der Waals surface area contributed by atoms with E-state index in [-0.39, 0.29) is 0 Å². The smallest absolute Gasteiger partial charge is 0.212 e. The van der Waals surface area contributed by atoms with Crippen molar-refractivity contribution in [3.8, 4) is 23.2 Å². The number of pyridine rings is 2. The van der Waals surface area contributed by atoms with Gasteiger partial charge in [0.05, 0.1) is 54.7 Å². The number of piperidine rings is 1. The third kappa shape index (κ3) is 4.13. The molecule has 11 nitrogen and oxygen atoms in total. The summed E-state index contributed by atoms with van der Waals surface area (Å²) in [6, 6.07) is 9.30. The van der Waals surface area contributed by atoms with Crippen molar-refractivity contribution in [3.05, 3.63) is 65.9 Å². The Bertz CT molecular complexity index is 1630. The molecule has 11 heteroatoms. The predicted molar refractivity (Wildman–Crippen MR) is 152 cm³/mol. The number of piperazine rings is 1. The number of nitrogens with zero attached hydrogens (tertiary/aromatic N) is 9. The van der Waals surface area contributed by atoms with Crippen molar-refractivity contribution in [1.29, 1.82) is 5.26 Å². The van der Waals surface area contributed by atoms with Gasteiger partial charge in [-0.15, -0.1) is 0 Å². The van der Waals surface area contributed by atoms with Crippen LogP contribution in [0.4, 0.5) is 11.5 Å². The molecule has 3 saturated heterocycles. The number of hydrogen-bond acceptors (Lipinski definition) is 10. The fraction of sp³-hybridized carbons (Fsp3) is 0.345. The zero-order chi connectivity index (χ0) is 27.2. The molecule has 4 aromatic rings. The summed E-state index contributed by atoms with van der Waals surface area (Å²) in [5, 5.41) is 22.1. The predicted octanol–water partition coefficient (Wildman–Crippen LogP) is 3.21. The summed E-state index contributed by atoms with van der Waals surface area (Å²) in [4.78, 5) is 16.9. The van der Waals surface area contributed by atoms with Gasteiger partial charge < -0.3 is 10.1 Å². The maximum atomic E-state index is 9.70. The summed E-state index contributed by atoms with van der Waals surface area (Å²) in [6.07, 6.45) is 12.6. The second-order valence-electron chi connectivity index (χ2n) is 10.4. The normalized spacial score (nSPS) is 20.2. The van der Waals surface area contributed by atoms with Gasteiger partial charge in [-0.3, -0.25) is 9.91 Å². The van der Waals surface area contributed by atoms with E-state index in [0.29, 0.717) is 29.2 Å². The van der Waals surface area contributed by atoms with Gasteiger partial charge in [-0.2, -0.15) is 10.4 Å². The number of hydrogen-bond donors (Lipinski definition) is 1. The molecule has 1 N–H and O–H groups in total. The van der Waals surface area contributed by atoms with E-state index in [9.17, 15) is 5.26 Å². The Morgan fingerprint density at radius 3 is 2.77 bits per heavy atom. The third-order valence-electron chi connectivity index (χ3n) is 8.01. The van der Waals surface area contributed by atoms with Gasteiger partial charge in [0.25, 0.3) is 0 Å². The van der Waals surface area contributed by atoms with Crippen LogP contribution in [0, 0.1) is 11.3 Å². The van der Waals surface area contributed by atoms with Crippen LogP contribution in [0.1, 0.15) is 30.2 Å². The van der Waals surface area contributed by atoms with E-state index in [1.165, 1.54) is 12.0 Å². The summed E-state index contributed by atoms with van der Waals surface area (Å²) < 4.78 is 6.94. The summed E-state index contributed by atoms with van der Waals surface area (Å²) in [6.45, 7) is 6.39. The number of nitrogens with one attached hydrogen (secondary N) is 1. The summed E-state index contributed by atoms with van der Waals surface area (Å²) in [5.74, 6) is 1.51. The highest BCUT2D eigenvalue weighted by molar-refractivity contribution is 5.85. The molecule has 0 spiro atoms. The number of rotatable bonds is 7. The molecular weight excluding hydrogens is 504 g/mol. The van der Waals surface area contributed by atoms with Gasteiger partial charge in [-0.1, -0.05) is 12.1 Å². The minimum absolute atomic E-state index is 0.496. The molecule has 4 aliphatic heterocycles. The van der Waals surface area contributed by atoms with Crippen LogP contribution in [0.25, 0.3) is 22.9 Å². The van der Waals surface area contributed by atoms with E-state index in [0.717, 1.165) is 61.0 Å². The van der Waals surface area contributed by atoms with Gasteiger partial charge in [0.2, 0.25) is 5.88 Å². The monoisotopic (exact) mass is 534 g/mol. The second kappa shape index (κ2) is 9.89. The third-order valence-corrected chi connectivity index (χ3v) is 8.01. The molecule has 0 unspecified atom stereocenters. The van der Waals surface area contributed by atoms with Gasteiger partial charge in [-0.05, 0) is 31.1 Å². The van der Waals surface area contributed by atoms with Crippen LogP contribution in [0.5, 0.6) is 5.88 Å². The molecule has 8 rings (SSSR count). The first-order chi connectivity index (χ1) is 19.6. The lowest BCUT2D eigenvalue weighted by atomic mass is 9.87. The quantitative estimate of drug-likeness (QED) is 0.379. The largest absolute Gasteiger partial charge is 0.481 e. The first-order valence-electron chi connectivity index (χ1n) is 13.6. The number of anilines is 2. The van der Waals surface area contributed by atoms with Gasteiger partial charge in [0.15, 0.2) is 5.82 Å². The lowest BCUT2D eigenvalue weighted by Gasteiger charge is -2.58. The van der Waals surface area contributed by atoms with Crippen molar-refractivity contribution >= 4 is 23.1 Å². The molecule has 0 aliphatic carbocycles. The van der Waals surface area contributed by atoms with Crippen LogP contribution in [-0.2, 0) is 6.54 Å². The molecule has 0 amide bonds. The summed E-state index contributed by atoms with van der Waals surface area (Å²) >= 11 is 0.